The molecule has 0 saturated carbocycles. The van der Waals surface area contributed by atoms with Crippen LogP contribution in [0.3, 0.4) is 0 Å². The van der Waals surface area contributed by atoms with Gasteiger partial charge in [0.15, 0.2) is 5.58 Å². The third-order valence-corrected chi connectivity index (χ3v) is 4.24. The number of hydrogen-bond acceptors (Lipinski definition) is 4. The van der Waals surface area contributed by atoms with Gasteiger partial charge in [0, 0.05) is 16.6 Å². The van der Waals surface area contributed by atoms with Gasteiger partial charge in [0.05, 0.1) is 15.8 Å². The minimum absolute atomic E-state index is 0.361. The summed E-state index contributed by atoms with van der Waals surface area (Å²) >= 11 is 5.00. The summed E-state index contributed by atoms with van der Waals surface area (Å²) in [6, 6.07) is 9.18. The SMILES string of the molecule is Nc1ccc2c(c1)oc(=O)n2Cc1ccc(Br)s1. The van der Waals surface area contributed by atoms with Crippen LogP contribution in [0.1, 0.15) is 4.88 Å². The van der Waals surface area contributed by atoms with Gasteiger partial charge in [0.1, 0.15) is 0 Å². The Bertz CT molecular complexity index is 772. The summed E-state index contributed by atoms with van der Waals surface area (Å²) in [5.74, 6) is -0.361. The van der Waals surface area contributed by atoms with Crippen LogP contribution in [0.5, 0.6) is 0 Å². The molecule has 0 saturated heterocycles. The third kappa shape index (κ3) is 1.97. The lowest BCUT2D eigenvalue weighted by Gasteiger charge is -1.99. The van der Waals surface area contributed by atoms with Crippen molar-refractivity contribution >= 4 is 44.1 Å². The highest BCUT2D eigenvalue weighted by Gasteiger charge is 2.10. The molecule has 4 nitrogen and oxygen atoms in total. The fraction of sp³-hybridized carbons (Fsp3) is 0.0833. The van der Waals surface area contributed by atoms with Crippen molar-refractivity contribution in [2.24, 2.45) is 0 Å². The van der Waals surface area contributed by atoms with Crippen LogP contribution in [-0.4, -0.2) is 4.57 Å². The smallest absolute Gasteiger partial charge is 0.408 e. The van der Waals surface area contributed by atoms with Crippen LogP contribution in [0.25, 0.3) is 11.1 Å². The molecule has 0 aliphatic carbocycles. The lowest BCUT2D eigenvalue weighted by atomic mass is 10.3. The first kappa shape index (κ1) is 11.6. The van der Waals surface area contributed by atoms with Crippen LogP contribution in [0.15, 0.2) is 43.3 Å². The molecule has 0 aliphatic heterocycles. The van der Waals surface area contributed by atoms with Crippen molar-refractivity contribution in [3.8, 4) is 0 Å². The fourth-order valence-corrected chi connectivity index (χ4v) is 3.30. The van der Waals surface area contributed by atoms with E-state index in [0.717, 1.165) is 14.2 Å². The molecule has 18 heavy (non-hydrogen) atoms. The molecule has 1 aromatic carbocycles. The second-order valence-corrected chi connectivity index (χ2v) is 6.43. The van der Waals surface area contributed by atoms with Crippen LogP contribution < -0.4 is 11.5 Å². The van der Waals surface area contributed by atoms with E-state index < -0.39 is 0 Å². The van der Waals surface area contributed by atoms with Gasteiger partial charge in [0.2, 0.25) is 0 Å². The van der Waals surface area contributed by atoms with E-state index in [4.69, 9.17) is 10.2 Å². The number of benzene rings is 1. The monoisotopic (exact) mass is 324 g/mol. The Morgan fingerprint density at radius 2 is 2.17 bits per heavy atom. The van der Waals surface area contributed by atoms with Gasteiger partial charge in [-0.15, -0.1) is 11.3 Å². The molecule has 3 aromatic rings. The van der Waals surface area contributed by atoms with Gasteiger partial charge in [-0.1, -0.05) is 0 Å². The highest BCUT2D eigenvalue weighted by Crippen LogP contribution is 2.24. The fourth-order valence-electron chi connectivity index (χ4n) is 1.83. The number of halogens is 1. The average Bonchev–Trinajstić information content (AvgIpc) is 2.84. The predicted octanol–water partition coefficient (Wildman–Crippen LogP) is 3.05. The number of nitrogen functional groups attached to an aromatic ring is 1. The molecule has 92 valence electrons. The molecule has 0 atom stereocenters. The van der Waals surface area contributed by atoms with E-state index in [1.54, 1.807) is 34.1 Å². The number of nitrogens with two attached hydrogens (primary N) is 1. The van der Waals surface area contributed by atoms with Gasteiger partial charge in [-0.2, -0.15) is 0 Å². The van der Waals surface area contributed by atoms with Gasteiger partial charge in [-0.3, -0.25) is 4.57 Å². The summed E-state index contributed by atoms with van der Waals surface area (Å²) < 4.78 is 7.83. The van der Waals surface area contributed by atoms with Gasteiger partial charge in [-0.25, -0.2) is 4.79 Å². The molecule has 2 heterocycles. The van der Waals surface area contributed by atoms with Crippen LogP contribution in [0.2, 0.25) is 0 Å². The number of fused-ring (bicyclic) bond motifs is 1. The Balaban J connectivity index is 2.11. The van der Waals surface area contributed by atoms with Crippen LogP contribution >= 0.6 is 27.3 Å². The summed E-state index contributed by atoms with van der Waals surface area (Å²) in [6.07, 6.45) is 0. The van der Waals surface area contributed by atoms with Crippen LogP contribution in [0, 0.1) is 0 Å². The number of aromatic nitrogens is 1. The Labute approximate surface area is 115 Å². The maximum absolute atomic E-state index is 11.8. The largest absolute Gasteiger partial charge is 0.420 e. The molecule has 0 unspecified atom stereocenters. The zero-order chi connectivity index (χ0) is 12.7. The van der Waals surface area contributed by atoms with Gasteiger partial charge in [0.25, 0.3) is 0 Å². The quantitative estimate of drug-likeness (QED) is 0.737. The number of thiophene rings is 1. The number of nitrogens with zero attached hydrogens (tertiary/aromatic N) is 1. The Kier molecular flexibility index (Phi) is 2.76. The second-order valence-electron chi connectivity index (χ2n) is 3.89. The molecule has 0 spiro atoms. The highest BCUT2D eigenvalue weighted by molar-refractivity contribution is 9.11. The zero-order valence-corrected chi connectivity index (χ0v) is 11.6. The molecule has 0 bridgehead atoms. The summed E-state index contributed by atoms with van der Waals surface area (Å²) in [5.41, 5.74) is 7.54. The molecular weight excluding hydrogens is 316 g/mol. The molecule has 0 fully saturated rings. The molecular formula is C12H9BrN2O2S. The second kappa shape index (κ2) is 4.29. The molecule has 3 rings (SSSR count). The van der Waals surface area contributed by atoms with E-state index in [9.17, 15) is 4.79 Å². The third-order valence-electron chi connectivity index (χ3n) is 2.64. The predicted molar refractivity (Wildman–Crippen MR) is 76.0 cm³/mol. The number of oxazole rings is 1. The van der Waals surface area contributed by atoms with Crippen molar-refractivity contribution in [1.29, 1.82) is 0 Å². The number of anilines is 1. The van der Waals surface area contributed by atoms with Crippen molar-refractivity contribution in [2.45, 2.75) is 6.54 Å². The lowest BCUT2D eigenvalue weighted by molar-refractivity contribution is 0.519. The average molecular weight is 325 g/mol. The topological polar surface area (TPSA) is 61.2 Å². The van der Waals surface area contributed by atoms with E-state index >= 15 is 0 Å². The minimum atomic E-state index is -0.361. The summed E-state index contributed by atoms with van der Waals surface area (Å²) in [5, 5.41) is 0. The normalized spacial score (nSPS) is 11.2. The minimum Gasteiger partial charge on any atom is -0.408 e. The Morgan fingerprint density at radius 1 is 1.33 bits per heavy atom. The molecule has 0 aliphatic rings. The zero-order valence-electron chi connectivity index (χ0n) is 9.22. The van der Waals surface area contributed by atoms with Gasteiger partial charge < -0.3 is 10.2 Å². The number of rotatable bonds is 2. The first-order valence-corrected chi connectivity index (χ1v) is 6.87. The summed E-state index contributed by atoms with van der Waals surface area (Å²) in [7, 11) is 0. The van der Waals surface area contributed by atoms with E-state index in [1.165, 1.54) is 0 Å². The van der Waals surface area contributed by atoms with E-state index in [1.807, 2.05) is 12.1 Å². The Hall–Kier alpha value is -1.53. The maximum Gasteiger partial charge on any atom is 0.420 e. The van der Waals surface area contributed by atoms with Gasteiger partial charge in [-0.05, 0) is 40.2 Å². The van der Waals surface area contributed by atoms with Crippen molar-refractivity contribution in [3.63, 3.8) is 0 Å². The van der Waals surface area contributed by atoms with Crippen LogP contribution in [0.4, 0.5) is 5.69 Å². The molecule has 0 radical (unpaired) electrons. The first-order valence-electron chi connectivity index (χ1n) is 5.26. The molecule has 6 heteroatoms. The van der Waals surface area contributed by atoms with Crippen molar-refractivity contribution in [3.05, 3.63) is 49.5 Å². The van der Waals surface area contributed by atoms with Crippen molar-refractivity contribution < 1.29 is 4.42 Å². The standard InChI is InChI=1S/C12H9BrN2O2S/c13-11-4-2-8(18-11)6-15-9-3-1-7(14)5-10(9)17-12(15)16/h1-5H,6,14H2. The highest BCUT2D eigenvalue weighted by atomic mass is 79.9. The van der Waals surface area contributed by atoms with Crippen LogP contribution in [-0.2, 0) is 6.54 Å². The number of hydrogen-bond donors (Lipinski definition) is 1. The van der Waals surface area contributed by atoms with E-state index in [2.05, 4.69) is 15.9 Å². The summed E-state index contributed by atoms with van der Waals surface area (Å²) in [4.78, 5) is 12.9. The first-order chi connectivity index (χ1) is 8.63. The molecule has 0 amide bonds. The van der Waals surface area contributed by atoms with E-state index in [-0.39, 0.29) is 5.76 Å². The Morgan fingerprint density at radius 3 is 2.89 bits per heavy atom. The molecule has 2 N–H and O–H groups in total. The van der Waals surface area contributed by atoms with Gasteiger partial charge >= 0.3 is 5.76 Å². The van der Waals surface area contributed by atoms with Crippen molar-refractivity contribution in [1.82, 2.24) is 4.57 Å². The molecule has 2 aromatic heterocycles. The lowest BCUT2D eigenvalue weighted by Crippen LogP contribution is -2.14. The maximum atomic E-state index is 11.8. The summed E-state index contributed by atoms with van der Waals surface area (Å²) in [6.45, 7) is 0.506. The van der Waals surface area contributed by atoms with E-state index in [0.29, 0.717) is 17.8 Å². The van der Waals surface area contributed by atoms with Crippen molar-refractivity contribution in [2.75, 3.05) is 5.73 Å².